The first kappa shape index (κ1) is 13.0. The van der Waals surface area contributed by atoms with Gasteiger partial charge in [0, 0.05) is 16.8 Å². The van der Waals surface area contributed by atoms with Crippen molar-refractivity contribution in [3.05, 3.63) is 50.9 Å². The van der Waals surface area contributed by atoms with E-state index in [1.54, 1.807) is 25.1 Å². The molecular weight excluding hydrogens is 272 g/mol. The maximum absolute atomic E-state index is 11.8. The molecule has 6 heteroatoms. The summed E-state index contributed by atoms with van der Waals surface area (Å²) in [5.74, 6) is 0.0945. The van der Waals surface area contributed by atoms with Gasteiger partial charge in [-0.05, 0) is 24.6 Å². The van der Waals surface area contributed by atoms with E-state index in [2.05, 4.69) is 17.7 Å². The van der Waals surface area contributed by atoms with Gasteiger partial charge in [-0.1, -0.05) is 17.7 Å². The second-order valence-corrected chi connectivity index (χ2v) is 4.49. The summed E-state index contributed by atoms with van der Waals surface area (Å²) in [5.41, 5.74) is 1.28. The minimum atomic E-state index is -0.414. The molecule has 0 bridgehead atoms. The van der Waals surface area contributed by atoms with Gasteiger partial charge in [-0.25, -0.2) is 0 Å². The van der Waals surface area contributed by atoms with Crippen LogP contribution in [-0.4, -0.2) is 14.9 Å². The Bertz CT molecular complexity index is 655. The zero-order valence-corrected chi connectivity index (χ0v) is 11.2. The second kappa shape index (κ2) is 5.04. The molecule has 18 heavy (non-hydrogen) atoms. The van der Waals surface area contributed by atoms with Crippen LogP contribution in [0.2, 0.25) is 5.02 Å². The molecule has 0 saturated heterocycles. The maximum atomic E-state index is 11.8. The Morgan fingerprint density at radius 1 is 1.50 bits per heavy atom. The number of hydrogen-bond donors (Lipinski definition) is 2. The molecule has 1 aromatic heterocycles. The minimum absolute atomic E-state index is 0.147. The van der Waals surface area contributed by atoms with Crippen molar-refractivity contribution in [2.24, 2.45) is 0 Å². The summed E-state index contributed by atoms with van der Waals surface area (Å²) in [5, 5.41) is 14.2. The molecule has 2 rings (SSSR count). The van der Waals surface area contributed by atoms with Crippen LogP contribution in [0.1, 0.15) is 11.3 Å². The van der Waals surface area contributed by atoms with Crippen molar-refractivity contribution >= 4 is 24.2 Å². The normalized spacial score (nSPS) is 10.6. The van der Waals surface area contributed by atoms with Crippen LogP contribution in [0.15, 0.2) is 29.1 Å². The lowest BCUT2D eigenvalue weighted by Crippen LogP contribution is -2.22. The molecule has 0 aliphatic rings. The summed E-state index contributed by atoms with van der Waals surface area (Å²) in [6.45, 7) is 1.80. The third-order valence-corrected chi connectivity index (χ3v) is 3.31. The lowest BCUT2D eigenvalue weighted by molar-refractivity contribution is 0.460. The van der Waals surface area contributed by atoms with Gasteiger partial charge in [0.25, 0.3) is 5.56 Å². The van der Waals surface area contributed by atoms with Gasteiger partial charge < -0.3 is 5.11 Å². The van der Waals surface area contributed by atoms with E-state index < -0.39 is 5.56 Å². The Morgan fingerprint density at radius 2 is 2.22 bits per heavy atom. The van der Waals surface area contributed by atoms with E-state index in [4.69, 9.17) is 11.6 Å². The molecule has 0 aliphatic carbocycles. The van der Waals surface area contributed by atoms with Crippen molar-refractivity contribution < 1.29 is 5.11 Å². The molecule has 94 valence electrons. The monoisotopic (exact) mass is 282 g/mol. The highest BCUT2D eigenvalue weighted by molar-refractivity contribution is 7.79. The molecule has 0 fully saturated rings. The fourth-order valence-corrected chi connectivity index (χ4v) is 1.99. The molecule has 0 spiro atoms. The summed E-state index contributed by atoms with van der Waals surface area (Å²) >= 11 is 10.1. The van der Waals surface area contributed by atoms with E-state index in [1.165, 1.54) is 4.68 Å². The van der Waals surface area contributed by atoms with E-state index in [-0.39, 0.29) is 11.5 Å². The smallest absolute Gasteiger partial charge is 0.275 e. The molecule has 0 saturated carbocycles. The number of benzene rings is 1. The number of rotatable bonds is 2. The summed E-state index contributed by atoms with van der Waals surface area (Å²) < 4.78 is 1.21. The van der Waals surface area contributed by atoms with Gasteiger partial charge in [0.05, 0.1) is 5.69 Å². The van der Waals surface area contributed by atoms with E-state index in [1.807, 2.05) is 0 Å². The first-order valence-corrected chi connectivity index (χ1v) is 6.24. The number of halogens is 1. The Hall–Kier alpha value is -1.46. The van der Waals surface area contributed by atoms with Crippen molar-refractivity contribution in [3.8, 4) is 11.4 Å². The molecule has 0 radical (unpaired) electrons. The third-order valence-electron chi connectivity index (χ3n) is 2.60. The van der Waals surface area contributed by atoms with Crippen molar-refractivity contribution in [3.63, 3.8) is 0 Å². The van der Waals surface area contributed by atoms with Crippen molar-refractivity contribution in [2.45, 2.75) is 12.7 Å². The van der Waals surface area contributed by atoms with Gasteiger partial charge in [-0.3, -0.25) is 4.79 Å². The summed E-state index contributed by atoms with van der Waals surface area (Å²) in [7, 11) is 0. The highest BCUT2D eigenvalue weighted by atomic mass is 35.5. The molecule has 1 N–H and O–H groups in total. The largest absolute Gasteiger partial charge is 0.506 e. The van der Waals surface area contributed by atoms with Crippen molar-refractivity contribution in [1.82, 2.24) is 9.78 Å². The van der Waals surface area contributed by atoms with Gasteiger partial charge in [0.1, 0.15) is 11.4 Å². The Morgan fingerprint density at radius 3 is 2.89 bits per heavy atom. The molecule has 1 aromatic carbocycles. The Balaban J connectivity index is 2.71. The van der Waals surface area contributed by atoms with Gasteiger partial charge in [0.15, 0.2) is 0 Å². The Labute approximate surface area is 114 Å². The molecule has 1 heterocycles. The molecule has 2 aromatic rings. The number of aromatic nitrogens is 2. The predicted octanol–water partition coefficient (Wildman–Crippen LogP) is 2.33. The fraction of sp³-hybridized carbons (Fsp3) is 0.167. The average molecular weight is 283 g/mol. The van der Waals surface area contributed by atoms with Gasteiger partial charge in [-0.15, -0.1) is 0 Å². The number of nitrogens with zero attached hydrogens (tertiary/aromatic N) is 2. The highest BCUT2D eigenvalue weighted by Gasteiger charge is 2.11. The van der Waals surface area contributed by atoms with Crippen LogP contribution in [-0.2, 0) is 5.75 Å². The van der Waals surface area contributed by atoms with E-state index >= 15 is 0 Å². The predicted molar refractivity (Wildman–Crippen MR) is 73.9 cm³/mol. The van der Waals surface area contributed by atoms with Crippen LogP contribution >= 0.6 is 24.2 Å². The zero-order chi connectivity index (χ0) is 13.3. The van der Waals surface area contributed by atoms with E-state index in [0.29, 0.717) is 16.4 Å². The second-order valence-electron chi connectivity index (χ2n) is 3.77. The molecule has 0 amide bonds. The first-order chi connectivity index (χ1) is 8.54. The van der Waals surface area contributed by atoms with Gasteiger partial charge >= 0.3 is 0 Å². The highest BCUT2D eigenvalue weighted by Crippen LogP contribution is 2.21. The number of aromatic hydroxyl groups is 1. The number of hydrogen-bond acceptors (Lipinski definition) is 4. The summed E-state index contributed by atoms with van der Waals surface area (Å²) in [6, 6.07) is 6.35. The summed E-state index contributed by atoms with van der Waals surface area (Å²) in [6.07, 6.45) is 0. The van der Waals surface area contributed by atoms with Crippen LogP contribution in [0.5, 0.6) is 5.75 Å². The lowest BCUT2D eigenvalue weighted by Gasteiger charge is -2.10. The topological polar surface area (TPSA) is 55.1 Å². The van der Waals surface area contributed by atoms with Crippen LogP contribution in [0.4, 0.5) is 0 Å². The van der Waals surface area contributed by atoms with E-state index in [0.717, 1.165) is 11.6 Å². The van der Waals surface area contributed by atoms with Crippen LogP contribution in [0, 0.1) is 6.92 Å². The molecular formula is C12H11ClN2O2S. The van der Waals surface area contributed by atoms with Gasteiger partial charge in [-0.2, -0.15) is 22.4 Å². The maximum Gasteiger partial charge on any atom is 0.275 e. The molecule has 0 aliphatic heterocycles. The SMILES string of the molecule is Cc1c(Cl)cccc1-n1nc(CS)c(O)cc1=O. The van der Waals surface area contributed by atoms with Crippen LogP contribution < -0.4 is 5.56 Å². The van der Waals surface area contributed by atoms with Crippen LogP contribution in [0.25, 0.3) is 5.69 Å². The average Bonchev–Trinajstić information content (AvgIpc) is 2.34. The summed E-state index contributed by atoms with van der Waals surface area (Å²) in [4.78, 5) is 11.8. The first-order valence-electron chi connectivity index (χ1n) is 5.23. The fourth-order valence-electron chi connectivity index (χ4n) is 1.59. The quantitative estimate of drug-likeness (QED) is 0.831. The van der Waals surface area contributed by atoms with Crippen LogP contribution in [0.3, 0.4) is 0 Å². The standard InChI is InChI=1S/C12H11ClN2O2S/c1-7-8(13)3-2-4-10(7)15-12(17)5-11(16)9(6-18)14-15/h2-5,16,18H,6H2,1H3. The molecule has 4 nitrogen and oxygen atoms in total. The number of thiol groups is 1. The van der Waals surface area contributed by atoms with E-state index in [9.17, 15) is 9.90 Å². The third kappa shape index (κ3) is 2.23. The van der Waals surface area contributed by atoms with Crippen molar-refractivity contribution in [2.75, 3.05) is 0 Å². The lowest BCUT2D eigenvalue weighted by atomic mass is 10.2. The molecule has 0 atom stereocenters. The Kier molecular flexibility index (Phi) is 3.63. The minimum Gasteiger partial charge on any atom is -0.506 e. The van der Waals surface area contributed by atoms with Crippen molar-refractivity contribution in [1.29, 1.82) is 0 Å². The van der Waals surface area contributed by atoms with Gasteiger partial charge in [0.2, 0.25) is 0 Å². The zero-order valence-electron chi connectivity index (χ0n) is 9.59. The molecule has 0 unspecified atom stereocenters.